The Labute approximate surface area is 117 Å². The quantitative estimate of drug-likeness (QED) is 0.547. The predicted octanol–water partition coefficient (Wildman–Crippen LogP) is -1.58. The summed E-state index contributed by atoms with van der Waals surface area (Å²) in [5.74, 6) is 0. The molecule has 0 spiro atoms. The molecule has 0 bridgehead atoms. The van der Waals surface area contributed by atoms with Crippen LogP contribution in [0, 0.1) is 0 Å². The maximum Gasteiger partial charge on any atom is 0.317 e. The second kappa shape index (κ2) is 6.31. The average Bonchev–Trinajstić information content (AvgIpc) is 2.98. The monoisotopic (exact) mass is 284 g/mol. The number of nitrogens with one attached hydrogen (secondary N) is 2. The van der Waals surface area contributed by atoms with Crippen molar-refractivity contribution in [2.75, 3.05) is 52.4 Å². The highest BCUT2D eigenvalue weighted by Gasteiger charge is 2.23. The zero-order chi connectivity index (χ0) is 14.5. The third kappa shape index (κ3) is 3.43. The smallest absolute Gasteiger partial charge is 0.317 e. The van der Waals surface area contributed by atoms with Crippen LogP contribution in [-0.2, 0) is 0 Å². The van der Waals surface area contributed by atoms with Gasteiger partial charge in [0.15, 0.2) is 0 Å². The van der Waals surface area contributed by atoms with E-state index < -0.39 is 6.03 Å². The van der Waals surface area contributed by atoms with Gasteiger partial charge < -0.3 is 31.1 Å². The molecule has 112 valence electrons. The molecule has 6 amide bonds. The number of primary amides is 1. The van der Waals surface area contributed by atoms with Gasteiger partial charge >= 0.3 is 18.1 Å². The average molecular weight is 284 g/mol. The van der Waals surface area contributed by atoms with Crippen molar-refractivity contribution in [1.82, 2.24) is 25.3 Å². The molecule has 2 aliphatic rings. The molecule has 9 nitrogen and oxygen atoms in total. The summed E-state index contributed by atoms with van der Waals surface area (Å²) in [5, 5.41) is 5.39. The minimum absolute atomic E-state index is 0.117. The van der Waals surface area contributed by atoms with E-state index in [1.165, 1.54) is 4.90 Å². The molecule has 2 aliphatic heterocycles. The molecule has 0 saturated carbocycles. The predicted molar refractivity (Wildman–Crippen MR) is 71.1 cm³/mol. The molecule has 2 heterocycles. The Kier molecular flexibility index (Phi) is 4.49. The lowest BCUT2D eigenvalue weighted by Gasteiger charge is -2.25. The minimum Gasteiger partial charge on any atom is -0.351 e. The highest BCUT2D eigenvalue weighted by Crippen LogP contribution is 2.00. The Morgan fingerprint density at radius 3 is 1.80 bits per heavy atom. The van der Waals surface area contributed by atoms with Gasteiger partial charge in [0.05, 0.1) is 0 Å². The minimum atomic E-state index is -0.538. The zero-order valence-electron chi connectivity index (χ0n) is 11.3. The van der Waals surface area contributed by atoms with Crippen LogP contribution in [0.15, 0.2) is 0 Å². The third-order valence-corrected chi connectivity index (χ3v) is 3.48. The van der Waals surface area contributed by atoms with Crippen LogP contribution < -0.4 is 16.4 Å². The Morgan fingerprint density at radius 1 is 1.05 bits per heavy atom. The molecule has 0 atom stereocenters. The van der Waals surface area contributed by atoms with Crippen molar-refractivity contribution < 1.29 is 14.4 Å². The van der Waals surface area contributed by atoms with Crippen LogP contribution in [0.25, 0.3) is 0 Å². The number of rotatable bonds is 6. The van der Waals surface area contributed by atoms with Crippen LogP contribution in [0.4, 0.5) is 14.4 Å². The summed E-state index contributed by atoms with van der Waals surface area (Å²) in [7, 11) is 0. The molecule has 0 unspecified atom stereocenters. The fourth-order valence-electron chi connectivity index (χ4n) is 2.26. The van der Waals surface area contributed by atoms with Crippen molar-refractivity contribution in [2.45, 2.75) is 0 Å². The second-order valence-corrected chi connectivity index (χ2v) is 4.76. The molecular weight excluding hydrogens is 264 g/mol. The molecule has 0 aromatic heterocycles. The van der Waals surface area contributed by atoms with Crippen molar-refractivity contribution in [2.24, 2.45) is 5.73 Å². The third-order valence-electron chi connectivity index (χ3n) is 3.48. The summed E-state index contributed by atoms with van der Waals surface area (Å²) < 4.78 is 0. The molecule has 0 radical (unpaired) electrons. The van der Waals surface area contributed by atoms with E-state index in [0.29, 0.717) is 52.4 Å². The summed E-state index contributed by atoms with van der Waals surface area (Å²) in [6.07, 6.45) is 0. The fourth-order valence-corrected chi connectivity index (χ4v) is 2.26. The van der Waals surface area contributed by atoms with Crippen molar-refractivity contribution in [1.29, 1.82) is 0 Å². The van der Waals surface area contributed by atoms with Crippen molar-refractivity contribution >= 4 is 18.1 Å². The Morgan fingerprint density at radius 2 is 1.50 bits per heavy atom. The van der Waals surface area contributed by atoms with Gasteiger partial charge in [-0.1, -0.05) is 0 Å². The number of hydrogen-bond donors (Lipinski definition) is 3. The van der Waals surface area contributed by atoms with Crippen molar-refractivity contribution in [3.63, 3.8) is 0 Å². The van der Waals surface area contributed by atoms with Crippen molar-refractivity contribution in [3.05, 3.63) is 0 Å². The number of urea groups is 3. The van der Waals surface area contributed by atoms with Gasteiger partial charge in [0.1, 0.15) is 0 Å². The van der Waals surface area contributed by atoms with Gasteiger partial charge in [-0.25, -0.2) is 14.4 Å². The largest absolute Gasteiger partial charge is 0.351 e. The second-order valence-electron chi connectivity index (χ2n) is 4.76. The van der Waals surface area contributed by atoms with Gasteiger partial charge in [0.25, 0.3) is 0 Å². The lowest BCUT2D eigenvalue weighted by atomic mass is 10.4. The number of nitrogens with zero attached hydrogens (tertiary/aromatic N) is 3. The summed E-state index contributed by atoms with van der Waals surface area (Å²) in [6, 6.07) is -0.772. The molecule has 2 fully saturated rings. The molecule has 0 aromatic rings. The highest BCUT2D eigenvalue weighted by atomic mass is 16.2. The maximum absolute atomic E-state index is 11.4. The molecule has 2 rings (SSSR count). The van der Waals surface area contributed by atoms with Gasteiger partial charge in [-0.15, -0.1) is 0 Å². The van der Waals surface area contributed by atoms with Crippen LogP contribution in [0.3, 0.4) is 0 Å². The fraction of sp³-hybridized carbons (Fsp3) is 0.727. The van der Waals surface area contributed by atoms with E-state index in [1.807, 2.05) is 0 Å². The lowest BCUT2D eigenvalue weighted by molar-refractivity contribution is 0.181. The van der Waals surface area contributed by atoms with Gasteiger partial charge in [0, 0.05) is 52.4 Å². The number of carbonyl (C=O) groups is 3. The standard InChI is InChI=1S/C11H20N6O3/c12-9(18)15(5-7-16-3-1-13-10(16)19)6-8-17-4-2-14-11(17)20/h1-8H2,(H2,12,18)(H,13,19)(H,14,20). The lowest BCUT2D eigenvalue weighted by Crippen LogP contribution is -2.46. The van der Waals surface area contributed by atoms with E-state index in [1.54, 1.807) is 9.80 Å². The van der Waals surface area contributed by atoms with Crippen LogP contribution in [0.2, 0.25) is 0 Å². The van der Waals surface area contributed by atoms with E-state index in [4.69, 9.17) is 5.73 Å². The van der Waals surface area contributed by atoms with Gasteiger partial charge in [-0.05, 0) is 0 Å². The van der Waals surface area contributed by atoms with Crippen molar-refractivity contribution in [3.8, 4) is 0 Å². The Balaban J connectivity index is 1.76. The van der Waals surface area contributed by atoms with E-state index in [2.05, 4.69) is 10.6 Å². The van der Waals surface area contributed by atoms with Crippen LogP contribution in [-0.4, -0.2) is 85.2 Å². The molecule has 4 N–H and O–H groups in total. The Hall–Kier alpha value is -2.19. The first kappa shape index (κ1) is 14.2. The molecule has 9 heteroatoms. The first-order valence-corrected chi connectivity index (χ1v) is 6.68. The van der Waals surface area contributed by atoms with Crippen LogP contribution in [0.5, 0.6) is 0 Å². The normalized spacial score (nSPS) is 18.2. The maximum atomic E-state index is 11.4. The first-order valence-electron chi connectivity index (χ1n) is 6.68. The van der Waals surface area contributed by atoms with Crippen LogP contribution in [0.1, 0.15) is 0 Å². The first-order chi connectivity index (χ1) is 9.58. The number of hydrogen-bond acceptors (Lipinski definition) is 3. The topological polar surface area (TPSA) is 111 Å². The van der Waals surface area contributed by atoms with Gasteiger partial charge in [-0.3, -0.25) is 0 Å². The molecule has 20 heavy (non-hydrogen) atoms. The summed E-state index contributed by atoms with van der Waals surface area (Å²) in [4.78, 5) is 38.9. The SMILES string of the molecule is NC(=O)N(CCN1CCNC1=O)CCN1CCNC1=O. The summed E-state index contributed by atoms with van der Waals surface area (Å²) in [6.45, 7) is 4.17. The molecular formula is C11H20N6O3. The summed E-state index contributed by atoms with van der Waals surface area (Å²) in [5.41, 5.74) is 5.32. The van der Waals surface area contributed by atoms with E-state index in [-0.39, 0.29) is 12.1 Å². The van der Waals surface area contributed by atoms with Crippen LogP contribution >= 0.6 is 0 Å². The number of amides is 6. The number of nitrogens with two attached hydrogens (primary N) is 1. The summed E-state index contributed by atoms with van der Waals surface area (Å²) >= 11 is 0. The Bertz CT molecular complexity index is 372. The zero-order valence-corrected chi connectivity index (χ0v) is 11.3. The molecule has 0 aliphatic carbocycles. The van der Waals surface area contributed by atoms with E-state index in [0.717, 1.165) is 0 Å². The molecule has 2 saturated heterocycles. The van der Waals surface area contributed by atoms with Gasteiger partial charge in [-0.2, -0.15) is 0 Å². The number of carbonyl (C=O) groups excluding carboxylic acids is 3. The van der Waals surface area contributed by atoms with E-state index >= 15 is 0 Å². The molecule has 0 aromatic carbocycles. The highest BCUT2D eigenvalue weighted by molar-refractivity contribution is 5.77. The van der Waals surface area contributed by atoms with Gasteiger partial charge in [0.2, 0.25) is 0 Å². The van der Waals surface area contributed by atoms with E-state index in [9.17, 15) is 14.4 Å².